The molecule has 4 rings (SSSR count). The summed E-state index contributed by atoms with van der Waals surface area (Å²) in [5, 5.41) is 12.3. The van der Waals surface area contributed by atoms with Crippen molar-refractivity contribution in [2.45, 2.75) is 52.5 Å². The molecule has 1 saturated heterocycles. The van der Waals surface area contributed by atoms with Crippen LogP contribution in [0.2, 0.25) is 0 Å². The summed E-state index contributed by atoms with van der Waals surface area (Å²) in [4.78, 5) is 4.89. The molecule has 26 heavy (non-hydrogen) atoms. The molecular formula is C19H29N7. The van der Waals surface area contributed by atoms with Crippen molar-refractivity contribution in [3.05, 3.63) is 30.4 Å². The molecule has 1 aliphatic heterocycles. The Morgan fingerprint density at radius 3 is 2.69 bits per heavy atom. The summed E-state index contributed by atoms with van der Waals surface area (Å²) in [5.41, 5.74) is 10.1. The van der Waals surface area contributed by atoms with E-state index in [1.807, 2.05) is 43.2 Å². The van der Waals surface area contributed by atoms with Gasteiger partial charge in [0.05, 0.1) is 18.1 Å². The highest BCUT2D eigenvalue weighted by Gasteiger charge is 2.20. The Morgan fingerprint density at radius 1 is 1.23 bits per heavy atom. The fourth-order valence-electron chi connectivity index (χ4n) is 3.28. The summed E-state index contributed by atoms with van der Waals surface area (Å²) in [5.74, 6) is 1.04. The normalized spacial score (nSPS) is 17.3. The van der Waals surface area contributed by atoms with Gasteiger partial charge >= 0.3 is 0 Å². The van der Waals surface area contributed by atoms with Crippen molar-refractivity contribution < 1.29 is 0 Å². The second-order valence-electron chi connectivity index (χ2n) is 6.75. The van der Waals surface area contributed by atoms with Crippen molar-refractivity contribution in [3.63, 3.8) is 0 Å². The van der Waals surface area contributed by atoms with Crippen LogP contribution < -0.4 is 11.1 Å². The molecule has 7 heteroatoms. The Hall–Kier alpha value is -2.41. The first kappa shape index (κ1) is 18.4. The van der Waals surface area contributed by atoms with Crippen molar-refractivity contribution >= 4 is 11.5 Å². The van der Waals surface area contributed by atoms with Gasteiger partial charge in [0.25, 0.3) is 0 Å². The van der Waals surface area contributed by atoms with E-state index >= 15 is 0 Å². The van der Waals surface area contributed by atoms with Crippen LogP contribution in [0.15, 0.2) is 24.7 Å². The van der Waals surface area contributed by atoms with Gasteiger partial charge in [0.15, 0.2) is 5.65 Å². The van der Waals surface area contributed by atoms with Gasteiger partial charge in [0, 0.05) is 41.9 Å². The molecule has 7 nitrogen and oxygen atoms in total. The van der Waals surface area contributed by atoms with Gasteiger partial charge in [-0.2, -0.15) is 14.7 Å². The van der Waals surface area contributed by atoms with E-state index in [1.54, 1.807) is 4.52 Å². The zero-order chi connectivity index (χ0) is 18.7. The van der Waals surface area contributed by atoms with Crippen LogP contribution in [0.3, 0.4) is 0 Å². The summed E-state index contributed by atoms with van der Waals surface area (Å²) in [6, 6.07) is 2.28. The minimum absolute atomic E-state index is 0.322. The third-order valence-electron chi connectivity index (χ3n) is 4.68. The fraction of sp³-hybridized carbons (Fsp3) is 0.526. The van der Waals surface area contributed by atoms with Crippen LogP contribution in [-0.2, 0) is 0 Å². The van der Waals surface area contributed by atoms with Crippen molar-refractivity contribution in [3.8, 4) is 11.1 Å². The molecule has 0 amide bonds. The Kier molecular flexibility index (Phi) is 5.56. The van der Waals surface area contributed by atoms with Gasteiger partial charge in [0.2, 0.25) is 0 Å². The summed E-state index contributed by atoms with van der Waals surface area (Å²) >= 11 is 0. The van der Waals surface area contributed by atoms with E-state index in [0.29, 0.717) is 17.8 Å². The van der Waals surface area contributed by atoms with E-state index in [2.05, 4.69) is 29.4 Å². The maximum Gasteiger partial charge on any atom is 0.165 e. The molecule has 0 spiro atoms. The molecule has 140 valence electrons. The minimum atomic E-state index is 0.322. The molecular weight excluding hydrogens is 326 g/mol. The molecule has 0 bridgehead atoms. The van der Waals surface area contributed by atoms with Crippen molar-refractivity contribution in [1.82, 2.24) is 29.7 Å². The van der Waals surface area contributed by atoms with E-state index in [4.69, 9.17) is 10.7 Å². The molecule has 0 aromatic carbocycles. The molecule has 0 aliphatic carbocycles. The topological polar surface area (TPSA) is 86.1 Å². The standard InChI is InChI=1S/C17H23N7.C2H6/c1-11(2)23-10-13(8-20-23)14-9-21-24-16(18)6-15(22-17(14)24)12-4-3-5-19-7-12;1-2/h6,8-12,19H,3-5,7,18H2,1-2H3;1-2H3. The van der Waals surface area contributed by atoms with Gasteiger partial charge in [-0.1, -0.05) is 13.8 Å². The third kappa shape index (κ3) is 3.44. The van der Waals surface area contributed by atoms with Gasteiger partial charge in [-0.25, -0.2) is 4.98 Å². The number of aromatic nitrogens is 5. The monoisotopic (exact) mass is 355 g/mol. The number of piperidine rings is 1. The molecule has 1 atom stereocenters. The van der Waals surface area contributed by atoms with Crippen LogP contribution in [0.25, 0.3) is 16.8 Å². The smallest absolute Gasteiger partial charge is 0.165 e. The van der Waals surface area contributed by atoms with Gasteiger partial charge in [0.1, 0.15) is 5.82 Å². The maximum atomic E-state index is 6.23. The van der Waals surface area contributed by atoms with Crippen LogP contribution in [-0.4, -0.2) is 37.5 Å². The largest absolute Gasteiger partial charge is 0.384 e. The predicted octanol–water partition coefficient (Wildman–Crippen LogP) is 3.25. The molecule has 3 aromatic heterocycles. The number of nitrogens with zero attached hydrogens (tertiary/aromatic N) is 5. The number of nitrogen functional groups attached to an aromatic ring is 1. The zero-order valence-electron chi connectivity index (χ0n) is 16.1. The van der Waals surface area contributed by atoms with Gasteiger partial charge in [-0.15, -0.1) is 0 Å². The predicted molar refractivity (Wildman–Crippen MR) is 105 cm³/mol. The molecule has 4 heterocycles. The number of rotatable bonds is 3. The second-order valence-corrected chi connectivity index (χ2v) is 6.75. The number of nitrogens with two attached hydrogens (primary N) is 1. The third-order valence-corrected chi connectivity index (χ3v) is 4.68. The van der Waals surface area contributed by atoms with E-state index in [9.17, 15) is 0 Å². The summed E-state index contributed by atoms with van der Waals surface area (Å²) in [7, 11) is 0. The number of nitrogens with one attached hydrogen (secondary N) is 1. The number of fused-ring (bicyclic) bond motifs is 1. The van der Waals surface area contributed by atoms with E-state index < -0.39 is 0 Å². The van der Waals surface area contributed by atoms with Crippen molar-refractivity contribution in [2.24, 2.45) is 0 Å². The molecule has 0 saturated carbocycles. The Morgan fingerprint density at radius 2 is 2.04 bits per heavy atom. The summed E-state index contributed by atoms with van der Waals surface area (Å²) < 4.78 is 3.65. The molecule has 1 fully saturated rings. The molecule has 3 aromatic rings. The van der Waals surface area contributed by atoms with E-state index in [0.717, 1.165) is 42.0 Å². The maximum absolute atomic E-state index is 6.23. The van der Waals surface area contributed by atoms with Crippen LogP contribution in [0.5, 0.6) is 0 Å². The van der Waals surface area contributed by atoms with E-state index in [1.165, 1.54) is 6.42 Å². The zero-order valence-corrected chi connectivity index (χ0v) is 16.1. The highest BCUT2D eigenvalue weighted by Crippen LogP contribution is 2.29. The summed E-state index contributed by atoms with van der Waals surface area (Å²) in [6.45, 7) is 10.3. The first-order chi connectivity index (χ1) is 12.6. The Labute approximate surface area is 154 Å². The first-order valence-corrected chi connectivity index (χ1v) is 9.53. The Balaban J connectivity index is 0.000000948. The molecule has 1 unspecified atom stereocenters. The van der Waals surface area contributed by atoms with Crippen molar-refractivity contribution in [2.75, 3.05) is 18.8 Å². The SMILES string of the molecule is CC.CC(C)n1cc(-c2cnn3c(N)cc(C4CCCNC4)nc23)cn1. The lowest BCUT2D eigenvalue weighted by Gasteiger charge is -2.22. The van der Waals surface area contributed by atoms with Crippen LogP contribution in [0, 0.1) is 0 Å². The average molecular weight is 355 g/mol. The lowest BCUT2D eigenvalue weighted by Crippen LogP contribution is -2.29. The lowest BCUT2D eigenvalue weighted by atomic mass is 9.96. The summed E-state index contributed by atoms with van der Waals surface area (Å²) in [6.07, 6.45) is 8.04. The van der Waals surface area contributed by atoms with Crippen molar-refractivity contribution in [1.29, 1.82) is 0 Å². The first-order valence-electron chi connectivity index (χ1n) is 9.53. The van der Waals surface area contributed by atoms with Crippen LogP contribution >= 0.6 is 0 Å². The highest BCUT2D eigenvalue weighted by molar-refractivity contribution is 5.77. The number of hydrogen-bond donors (Lipinski definition) is 2. The average Bonchev–Trinajstić information content (AvgIpc) is 3.31. The molecule has 0 radical (unpaired) electrons. The van der Waals surface area contributed by atoms with E-state index in [-0.39, 0.29) is 0 Å². The van der Waals surface area contributed by atoms with Gasteiger partial charge in [-0.3, -0.25) is 4.68 Å². The number of hydrogen-bond acceptors (Lipinski definition) is 5. The Bertz CT molecular complexity index is 856. The minimum Gasteiger partial charge on any atom is -0.384 e. The quantitative estimate of drug-likeness (QED) is 0.753. The van der Waals surface area contributed by atoms with Crippen LogP contribution in [0.4, 0.5) is 5.82 Å². The molecule has 3 N–H and O–H groups in total. The molecule has 1 aliphatic rings. The fourth-order valence-corrected chi connectivity index (χ4v) is 3.28. The highest BCUT2D eigenvalue weighted by atomic mass is 15.3. The van der Waals surface area contributed by atoms with Gasteiger partial charge < -0.3 is 11.1 Å². The van der Waals surface area contributed by atoms with Gasteiger partial charge in [-0.05, 0) is 33.2 Å². The second kappa shape index (κ2) is 7.86. The lowest BCUT2D eigenvalue weighted by molar-refractivity contribution is 0.455. The van der Waals surface area contributed by atoms with Crippen LogP contribution in [0.1, 0.15) is 58.2 Å². The number of anilines is 1.